The van der Waals surface area contributed by atoms with Gasteiger partial charge in [-0.25, -0.2) is 19.5 Å². The number of hydrogen-bond acceptors (Lipinski definition) is 16. The van der Waals surface area contributed by atoms with Crippen LogP contribution in [0.3, 0.4) is 0 Å². The Morgan fingerprint density at radius 2 is 1.56 bits per heavy atom. The van der Waals surface area contributed by atoms with Crippen molar-refractivity contribution in [3.05, 3.63) is 101 Å². The number of amides is 5. The molecule has 5 aliphatic heterocycles. The van der Waals surface area contributed by atoms with Crippen LogP contribution < -0.4 is 24.8 Å². The summed E-state index contributed by atoms with van der Waals surface area (Å²) in [5.74, 6) is -1.78. The number of imide groups is 2. The summed E-state index contributed by atoms with van der Waals surface area (Å²) in [5.41, 5.74) is 7.85. The van der Waals surface area contributed by atoms with Gasteiger partial charge in [0.2, 0.25) is 11.8 Å². The van der Waals surface area contributed by atoms with Gasteiger partial charge < -0.3 is 39.3 Å². The number of pyridine rings is 3. The zero-order chi connectivity index (χ0) is 56.0. The number of aliphatic hydroxyl groups excluding tert-OH is 1. The third-order valence-corrected chi connectivity index (χ3v) is 17.2. The number of benzene rings is 1. The number of piperidine rings is 2. The van der Waals surface area contributed by atoms with E-state index in [0.717, 1.165) is 68.5 Å². The highest BCUT2D eigenvalue weighted by atomic mass is 31.2. The van der Waals surface area contributed by atoms with E-state index in [-0.39, 0.29) is 47.4 Å². The molecule has 0 bridgehead atoms. The first kappa shape index (κ1) is 53.9. The zero-order valence-electron chi connectivity index (χ0n) is 45.3. The van der Waals surface area contributed by atoms with E-state index >= 15 is 0 Å². The predicted molar refractivity (Wildman–Crippen MR) is 292 cm³/mol. The lowest BCUT2D eigenvalue weighted by Gasteiger charge is -2.48. The minimum Gasteiger partial charge on any atom is -0.480 e. The van der Waals surface area contributed by atoms with Crippen molar-refractivity contribution < 1.29 is 52.7 Å². The molecule has 1 aliphatic carbocycles. The van der Waals surface area contributed by atoms with Crippen LogP contribution in [0, 0.1) is 5.41 Å². The summed E-state index contributed by atoms with van der Waals surface area (Å²) in [6, 6.07) is 14.1. The van der Waals surface area contributed by atoms with E-state index in [1.54, 1.807) is 43.5 Å². The third-order valence-electron chi connectivity index (χ3n) is 16.6. The van der Waals surface area contributed by atoms with Crippen molar-refractivity contribution in [2.75, 3.05) is 59.9 Å². The number of methoxy groups -OCH3 is 1. The maximum absolute atomic E-state index is 14.1. The Hall–Kier alpha value is -7.07. The molecule has 6 atom stereocenters. The fourth-order valence-corrected chi connectivity index (χ4v) is 13.5. The summed E-state index contributed by atoms with van der Waals surface area (Å²) in [5, 5.41) is 14.7. The Morgan fingerprint density at radius 1 is 0.797 bits per heavy atom. The van der Waals surface area contributed by atoms with Gasteiger partial charge in [-0.3, -0.25) is 48.1 Å². The minimum atomic E-state index is -5.07. The number of nitrogens with zero attached hydrogens (tertiary/aromatic N) is 10. The first-order valence-corrected chi connectivity index (χ1v) is 28.5. The molecular formula is C56H66N11O11P. The average molecular weight is 1100 g/mol. The van der Waals surface area contributed by atoms with E-state index in [9.17, 15) is 43.4 Å². The largest absolute Gasteiger partial charge is 0.480 e. The monoisotopic (exact) mass is 1100 g/mol. The van der Waals surface area contributed by atoms with Gasteiger partial charge in [0.05, 0.1) is 36.2 Å². The molecule has 9 heterocycles. The van der Waals surface area contributed by atoms with Gasteiger partial charge in [-0.15, -0.1) is 0 Å². The number of carbonyl (C=O) groups is 5. The number of phosphoric acid groups is 1. The summed E-state index contributed by atoms with van der Waals surface area (Å²) < 4.78 is 24.0. The molecule has 22 nitrogen and oxygen atoms in total. The second-order valence-electron chi connectivity index (χ2n) is 22.5. The highest BCUT2D eigenvalue weighted by Gasteiger charge is 2.49. The second kappa shape index (κ2) is 20.5. The number of hydrogen-bond donors (Lipinski definition) is 4. The molecule has 3 fully saturated rings. The molecule has 23 heteroatoms. The molecule has 3 unspecified atom stereocenters. The van der Waals surface area contributed by atoms with Crippen LogP contribution in [0.15, 0.2) is 67.1 Å². The molecule has 4 aromatic heterocycles. The second-order valence-corrected chi connectivity index (χ2v) is 23.7. The quantitative estimate of drug-likeness (QED) is 0.0771. The van der Waals surface area contributed by atoms with E-state index in [1.165, 1.54) is 11.3 Å². The molecule has 416 valence electrons. The molecule has 4 N–H and O–H groups in total. The fourth-order valence-electron chi connectivity index (χ4n) is 13.0. The fraction of sp³-hybridized carbons (Fsp3) is 0.464. The molecule has 0 saturated carbocycles. The van der Waals surface area contributed by atoms with E-state index in [4.69, 9.17) is 9.72 Å². The molecule has 3 saturated heterocycles. The maximum Gasteiger partial charge on any atom is 0.471 e. The van der Waals surface area contributed by atoms with Crippen LogP contribution in [0.25, 0.3) is 11.1 Å². The van der Waals surface area contributed by atoms with Crippen molar-refractivity contribution in [2.45, 2.75) is 123 Å². The van der Waals surface area contributed by atoms with Crippen molar-refractivity contribution in [1.82, 2.24) is 34.2 Å². The van der Waals surface area contributed by atoms with Gasteiger partial charge in [0.25, 0.3) is 23.6 Å². The van der Waals surface area contributed by atoms with Crippen LogP contribution in [-0.2, 0) is 38.1 Å². The number of piperazine rings is 1. The summed E-state index contributed by atoms with van der Waals surface area (Å²) in [6.07, 6.45) is 5.91. The van der Waals surface area contributed by atoms with E-state index in [1.807, 2.05) is 36.5 Å². The van der Waals surface area contributed by atoms with Gasteiger partial charge in [-0.1, -0.05) is 13.8 Å². The standard InChI is InChI=1S/C56H66N11O11P/c1-31-22-37(15-17-62(31)38-8-10-41-42(25-38)53(71)67(52(41)70)44-11-13-48(69)66(55(44)73)34(4)78-79(74,75)76)61-18-19-63(32(2)30-61)39-9-12-47(58-29-39)60-43-23-36(28-59-51(43)77-7)40-14-16-57-50(49(40)33(3)68)65-21-20-64-45(54(65)72)24-35-26-56(5,6)27-46(35)64/h8-10,12,14,16,23-25,28-29,31-34,37,44,68H,11,13,15,17-22,26-27,30H2,1-7H3,(H,58,60)(H2,74,75,76)/t31-,32+,33-,34?,37?,44?/m1/s1. The number of rotatable bonds is 13. The SMILES string of the molecule is COc1ncc(-c2ccnc(N3CCn4c(cc5c4CC(C)(C)C5)C3=O)c2[C@@H](C)O)cc1Nc1ccc(N2CCN(C3CCN(c4ccc5c(c4)C(=O)N(C4CCC(=O)N(C(C)OP(=O)(O)O)C4=O)C5=O)[C@H](C)C3)C[C@@H]2C)cn1. The highest BCUT2D eigenvalue weighted by Crippen LogP contribution is 2.43. The van der Waals surface area contributed by atoms with Gasteiger partial charge in [0.15, 0.2) is 0 Å². The van der Waals surface area contributed by atoms with Gasteiger partial charge in [-0.05, 0) is 125 Å². The number of aliphatic hydroxyl groups is 1. The first-order chi connectivity index (χ1) is 37.6. The van der Waals surface area contributed by atoms with E-state index in [2.05, 4.69) is 72.8 Å². The predicted octanol–water partition coefficient (Wildman–Crippen LogP) is 6.07. The third kappa shape index (κ3) is 9.96. The summed E-state index contributed by atoms with van der Waals surface area (Å²) >= 11 is 0. The van der Waals surface area contributed by atoms with E-state index < -0.39 is 49.8 Å². The molecule has 5 aromatic rings. The number of anilines is 5. The molecule has 11 rings (SSSR count). The molecule has 0 spiro atoms. The van der Waals surface area contributed by atoms with Crippen molar-refractivity contribution in [3.63, 3.8) is 0 Å². The highest BCUT2D eigenvalue weighted by molar-refractivity contribution is 7.46. The summed E-state index contributed by atoms with van der Waals surface area (Å²) in [7, 11) is -3.51. The van der Waals surface area contributed by atoms with Gasteiger partial charge in [0.1, 0.15) is 35.3 Å². The summed E-state index contributed by atoms with van der Waals surface area (Å²) in [6.45, 7) is 16.0. The molecule has 1 aromatic carbocycles. The van der Waals surface area contributed by atoms with Crippen LogP contribution in [-0.4, -0.2) is 149 Å². The molecule has 0 radical (unpaired) electrons. The van der Waals surface area contributed by atoms with Crippen LogP contribution >= 0.6 is 7.82 Å². The lowest BCUT2D eigenvalue weighted by Crippen LogP contribution is -2.58. The Morgan fingerprint density at radius 3 is 2.27 bits per heavy atom. The van der Waals surface area contributed by atoms with Crippen LogP contribution in [0.2, 0.25) is 0 Å². The maximum atomic E-state index is 14.1. The Kier molecular flexibility index (Phi) is 14.0. The summed E-state index contributed by atoms with van der Waals surface area (Å²) in [4.78, 5) is 111. The number of carbonyl (C=O) groups excluding carboxylic acids is 5. The minimum absolute atomic E-state index is 0.0953. The van der Waals surface area contributed by atoms with Gasteiger partial charge >= 0.3 is 7.82 Å². The average Bonchev–Trinajstić information content (AvgIpc) is 4.13. The first-order valence-electron chi connectivity index (χ1n) is 27.0. The molecular weight excluding hydrogens is 1030 g/mol. The molecule has 5 amide bonds. The van der Waals surface area contributed by atoms with Crippen LogP contribution in [0.4, 0.5) is 28.7 Å². The van der Waals surface area contributed by atoms with Crippen molar-refractivity contribution in [1.29, 1.82) is 0 Å². The van der Waals surface area contributed by atoms with Crippen LogP contribution in [0.1, 0.15) is 121 Å². The molecule has 79 heavy (non-hydrogen) atoms. The van der Waals surface area contributed by atoms with Crippen molar-refractivity contribution in [3.8, 4) is 17.0 Å². The molecule has 6 aliphatic rings. The topological polar surface area (TPSA) is 257 Å². The Bertz CT molecular complexity index is 3340. The number of ether oxygens (including phenoxy) is 1. The Labute approximate surface area is 457 Å². The van der Waals surface area contributed by atoms with Gasteiger partial charge in [0, 0.05) is 98.7 Å². The number of nitrogens with one attached hydrogen (secondary N) is 1. The van der Waals surface area contributed by atoms with Crippen molar-refractivity contribution in [2.24, 2.45) is 5.41 Å². The van der Waals surface area contributed by atoms with Gasteiger partial charge in [-0.2, -0.15) is 0 Å². The normalized spacial score (nSPS) is 23.3. The zero-order valence-corrected chi connectivity index (χ0v) is 46.2. The smallest absolute Gasteiger partial charge is 0.471 e. The number of likely N-dealkylation sites (tertiary alicyclic amines) is 1. The van der Waals surface area contributed by atoms with E-state index in [0.29, 0.717) is 76.2 Å². The number of aromatic nitrogens is 4. The number of phosphoric ester groups is 1. The Balaban J connectivity index is 0.718. The lowest BCUT2D eigenvalue weighted by molar-refractivity contribution is -0.161. The lowest BCUT2D eigenvalue weighted by atomic mass is 9.90. The van der Waals surface area contributed by atoms with Crippen molar-refractivity contribution >= 4 is 66.1 Å². The number of fused-ring (bicyclic) bond motifs is 4. The van der Waals surface area contributed by atoms with Crippen LogP contribution in [0.5, 0.6) is 5.88 Å².